The Morgan fingerprint density at radius 1 is 1.24 bits per heavy atom. The minimum atomic E-state index is -1.08. The highest BCUT2D eigenvalue weighted by molar-refractivity contribution is 5.86. The predicted octanol–water partition coefficient (Wildman–Crippen LogP) is 1.94. The molecule has 0 fully saturated rings. The zero-order valence-electron chi connectivity index (χ0n) is 12.2. The summed E-state index contributed by atoms with van der Waals surface area (Å²) in [4.78, 5) is 11.2. The smallest absolute Gasteiger partial charge is 0.358 e. The monoisotopic (exact) mass is 291 g/mol. The molecule has 0 unspecified atom stereocenters. The highest BCUT2D eigenvalue weighted by Gasteiger charge is 2.19. The molecule has 1 aromatic heterocycles. The van der Waals surface area contributed by atoms with Gasteiger partial charge in [-0.15, -0.1) is 5.10 Å². The second kappa shape index (κ2) is 6.25. The van der Waals surface area contributed by atoms with Crippen molar-refractivity contribution in [2.45, 2.75) is 19.8 Å². The van der Waals surface area contributed by atoms with Gasteiger partial charge in [-0.25, -0.2) is 9.48 Å². The third-order valence-corrected chi connectivity index (χ3v) is 3.03. The van der Waals surface area contributed by atoms with Gasteiger partial charge in [-0.1, -0.05) is 18.6 Å². The number of hydrogen-bond donors (Lipinski definition) is 1. The Morgan fingerprint density at radius 2 is 1.86 bits per heavy atom. The third kappa shape index (κ3) is 2.96. The standard InChI is InChI=1S/C14H17N3O4/c1-4-5-12-13(14(18)19)15-16-17(12)9-6-10(20-2)8-11(7-9)21-3/h6-8H,4-5H2,1-3H3,(H,18,19). The van der Waals surface area contributed by atoms with Crippen molar-refractivity contribution in [2.75, 3.05) is 14.2 Å². The van der Waals surface area contributed by atoms with Crippen molar-refractivity contribution in [2.24, 2.45) is 0 Å². The average Bonchev–Trinajstić information content (AvgIpc) is 2.91. The maximum Gasteiger partial charge on any atom is 0.358 e. The summed E-state index contributed by atoms with van der Waals surface area (Å²) in [6.07, 6.45) is 1.35. The number of rotatable bonds is 6. The van der Waals surface area contributed by atoms with E-state index in [0.29, 0.717) is 29.3 Å². The van der Waals surface area contributed by atoms with Crippen LogP contribution in [0.1, 0.15) is 29.5 Å². The Hall–Kier alpha value is -2.57. The van der Waals surface area contributed by atoms with E-state index in [4.69, 9.17) is 9.47 Å². The van der Waals surface area contributed by atoms with Crippen LogP contribution >= 0.6 is 0 Å². The minimum absolute atomic E-state index is 0.0290. The van der Waals surface area contributed by atoms with Crippen LogP contribution in [-0.2, 0) is 6.42 Å². The molecule has 0 atom stereocenters. The topological polar surface area (TPSA) is 86.5 Å². The number of aromatic nitrogens is 3. The van der Waals surface area contributed by atoms with Gasteiger partial charge in [0.25, 0.3) is 0 Å². The first-order valence-corrected chi connectivity index (χ1v) is 6.52. The van der Waals surface area contributed by atoms with E-state index in [2.05, 4.69) is 10.3 Å². The molecule has 112 valence electrons. The van der Waals surface area contributed by atoms with Crippen LogP contribution in [0.2, 0.25) is 0 Å². The van der Waals surface area contributed by atoms with Gasteiger partial charge in [0.2, 0.25) is 0 Å². The van der Waals surface area contributed by atoms with Crippen LogP contribution in [0.5, 0.6) is 11.5 Å². The number of carbonyl (C=O) groups is 1. The van der Waals surface area contributed by atoms with Crippen LogP contribution in [0, 0.1) is 0 Å². The number of carboxylic acid groups (broad SMARTS) is 1. The summed E-state index contributed by atoms with van der Waals surface area (Å²) >= 11 is 0. The van der Waals surface area contributed by atoms with E-state index < -0.39 is 5.97 Å². The molecular formula is C14H17N3O4. The van der Waals surface area contributed by atoms with E-state index in [1.54, 1.807) is 32.4 Å². The maximum absolute atomic E-state index is 11.2. The van der Waals surface area contributed by atoms with E-state index >= 15 is 0 Å². The van der Waals surface area contributed by atoms with E-state index in [-0.39, 0.29) is 5.69 Å². The first-order valence-electron chi connectivity index (χ1n) is 6.52. The van der Waals surface area contributed by atoms with Crippen LogP contribution in [0.25, 0.3) is 5.69 Å². The first-order chi connectivity index (χ1) is 10.1. The summed E-state index contributed by atoms with van der Waals surface area (Å²) in [6.45, 7) is 1.97. The molecule has 7 nitrogen and oxygen atoms in total. The van der Waals surface area contributed by atoms with Gasteiger partial charge in [0, 0.05) is 18.2 Å². The highest BCUT2D eigenvalue weighted by atomic mass is 16.5. The molecule has 0 radical (unpaired) electrons. The molecule has 0 aliphatic heterocycles. The Morgan fingerprint density at radius 3 is 2.33 bits per heavy atom. The fourth-order valence-electron chi connectivity index (χ4n) is 2.05. The second-order valence-corrected chi connectivity index (χ2v) is 4.42. The summed E-state index contributed by atoms with van der Waals surface area (Å²) in [5, 5.41) is 16.9. The molecule has 0 saturated heterocycles. The number of aromatic carboxylic acids is 1. The van der Waals surface area contributed by atoms with Gasteiger partial charge in [0.1, 0.15) is 11.5 Å². The van der Waals surface area contributed by atoms with Crippen molar-refractivity contribution in [1.82, 2.24) is 15.0 Å². The quantitative estimate of drug-likeness (QED) is 0.875. The molecule has 0 saturated carbocycles. The Kier molecular flexibility index (Phi) is 4.42. The van der Waals surface area contributed by atoms with Crippen molar-refractivity contribution in [3.05, 3.63) is 29.6 Å². The SMILES string of the molecule is CCCc1c(C(=O)O)nnn1-c1cc(OC)cc(OC)c1. The van der Waals surface area contributed by atoms with Gasteiger partial charge >= 0.3 is 5.97 Å². The highest BCUT2D eigenvalue weighted by Crippen LogP contribution is 2.26. The van der Waals surface area contributed by atoms with Crippen LogP contribution < -0.4 is 9.47 Å². The summed E-state index contributed by atoms with van der Waals surface area (Å²) in [5.41, 5.74) is 1.17. The maximum atomic E-state index is 11.2. The van der Waals surface area contributed by atoms with Crippen molar-refractivity contribution >= 4 is 5.97 Å². The Balaban J connectivity index is 2.58. The lowest BCUT2D eigenvalue weighted by atomic mass is 10.2. The Labute approximate surface area is 122 Å². The Bertz CT molecular complexity index is 629. The molecular weight excluding hydrogens is 274 g/mol. The van der Waals surface area contributed by atoms with Gasteiger partial charge in [-0.05, 0) is 6.42 Å². The van der Waals surface area contributed by atoms with Gasteiger partial charge in [0.15, 0.2) is 5.69 Å². The predicted molar refractivity (Wildman–Crippen MR) is 75.4 cm³/mol. The zero-order valence-corrected chi connectivity index (χ0v) is 12.2. The fraction of sp³-hybridized carbons (Fsp3) is 0.357. The number of ether oxygens (including phenoxy) is 2. The van der Waals surface area contributed by atoms with Crippen LogP contribution in [0.15, 0.2) is 18.2 Å². The molecule has 1 N–H and O–H groups in total. The van der Waals surface area contributed by atoms with E-state index in [1.165, 1.54) is 4.68 Å². The van der Waals surface area contributed by atoms with E-state index in [9.17, 15) is 9.90 Å². The second-order valence-electron chi connectivity index (χ2n) is 4.42. The molecule has 2 rings (SSSR count). The van der Waals surface area contributed by atoms with Crippen molar-refractivity contribution in [3.8, 4) is 17.2 Å². The molecule has 0 spiro atoms. The number of hydrogen-bond acceptors (Lipinski definition) is 5. The summed E-state index contributed by atoms with van der Waals surface area (Å²) in [7, 11) is 3.10. The molecule has 1 aromatic carbocycles. The fourth-order valence-corrected chi connectivity index (χ4v) is 2.05. The molecule has 0 amide bonds. The number of benzene rings is 1. The van der Waals surface area contributed by atoms with Gasteiger partial charge in [-0.2, -0.15) is 0 Å². The molecule has 0 aliphatic carbocycles. The minimum Gasteiger partial charge on any atom is -0.497 e. The molecule has 1 heterocycles. The summed E-state index contributed by atoms with van der Waals surface area (Å²) in [6, 6.07) is 5.24. The van der Waals surface area contributed by atoms with Crippen molar-refractivity contribution in [1.29, 1.82) is 0 Å². The van der Waals surface area contributed by atoms with Gasteiger partial charge in [0.05, 0.1) is 25.6 Å². The van der Waals surface area contributed by atoms with Gasteiger partial charge < -0.3 is 14.6 Å². The lowest BCUT2D eigenvalue weighted by Crippen LogP contribution is -2.07. The lowest BCUT2D eigenvalue weighted by Gasteiger charge is -2.10. The number of carboxylic acids is 1. The van der Waals surface area contributed by atoms with E-state index in [1.807, 2.05) is 6.92 Å². The zero-order chi connectivity index (χ0) is 15.4. The number of nitrogens with zero attached hydrogens (tertiary/aromatic N) is 3. The molecule has 21 heavy (non-hydrogen) atoms. The average molecular weight is 291 g/mol. The largest absolute Gasteiger partial charge is 0.497 e. The van der Waals surface area contributed by atoms with E-state index in [0.717, 1.165) is 6.42 Å². The molecule has 0 aliphatic rings. The van der Waals surface area contributed by atoms with Crippen LogP contribution in [0.3, 0.4) is 0 Å². The molecule has 2 aromatic rings. The van der Waals surface area contributed by atoms with Crippen molar-refractivity contribution < 1.29 is 19.4 Å². The molecule has 7 heteroatoms. The first kappa shape index (κ1) is 14.8. The summed E-state index contributed by atoms with van der Waals surface area (Å²) in [5.74, 6) is 0.109. The van der Waals surface area contributed by atoms with Crippen LogP contribution in [0.4, 0.5) is 0 Å². The number of methoxy groups -OCH3 is 2. The summed E-state index contributed by atoms with van der Waals surface area (Å²) < 4.78 is 11.9. The lowest BCUT2D eigenvalue weighted by molar-refractivity contribution is 0.0689. The third-order valence-electron chi connectivity index (χ3n) is 3.03. The van der Waals surface area contributed by atoms with Gasteiger partial charge in [-0.3, -0.25) is 0 Å². The van der Waals surface area contributed by atoms with Crippen LogP contribution in [-0.4, -0.2) is 40.3 Å². The molecule has 0 bridgehead atoms. The normalized spacial score (nSPS) is 10.4. The van der Waals surface area contributed by atoms with Crippen molar-refractivity contribution in [3.63, 3.8) is 0 Å².